The Hall–Kier alpha value is -2.52. The third kappa shape index (κ3) is 3.08. The summed E-state index contributed by atoms with van der Waals surface area (Å²) in [5.41, 5.74) is 0.750. The molecule has 3 aromatic rings. The van der Waals surface area contributed by atoms with Crippen molar-refractivity contribution < 1.29 is 8.42 Å². The van der Waals surface area contributed by atoms with Gasteiger partial charge in [0.1, 0.15) is 17.5 Å². The lowest BCUT2D eigenvalue weighted by Gasteiger charge is -2.20. The van der Waals surface area contributed by atoms with Gasteiger partial charge in [0.15, 0.2) is 0 Å². The summed E-state index contributed by atoms with van der Waals surface area (Å²) in [5, 5.41) is 9.12. The summed E-state index contributed by atoms with van der Waals surface area (Å²) in [5.74, 6) is 1.94. The second-order valence-corrected chi connectivity index (χ2v) is 7.63. The van der Waals surface area contributed by atoms with Crippen LogP contribution in [-0.2, 0) is 23.2 Å². The van der Waals surface area contributed by atoms with E-state index < -0.39 is 10.2 Å². The number of nitrogens with one attached hydrogen (secondary N) is 1. The van der Waals surface area contributed by atoms with Crippen LogP contribution in [0.5, 0.6) is 0 Å². The molecular formula is C16H18N6O2S. The monoisotopic (exact) mass is 358 g/mol. The van der Waals surface area contributed by atoms with E-state index in [1.54, 1.807) is 6.07 Å². The van der Waals surface area contributed by atoms with Crippen molar-refractivity contribution in [3.05, 3.63) is 48.0 Å². The van der Waals surface area contributed by atoms with Gasteiger partial charge in [0, 0.05) is 31.4 Å². The van der Waals surface area contributed by atoms with Crippen molar-refractivity contribution in [2.45, 2.75) is 19.9 Å². The first kappa shape index (κ1) is 16.0. The molecular weight excluding hydrogens is 340 g/mol. The number of hydrogen-bond donors (Lipinski definition) is 1. The first-order valence-electron chi connectivity index (χ1n) is 8.05. The number of hydrogen-bond acceptors (Lipinski definition) is 5. The molecule has 25 heavy (non-hydrogen) atoms. The summed E-state index contributed by atoms with van der Waals surface area (Å²) in [6.07, 6.45) is 0.535. The molecule has 0 bridgehead atoms. The largest absolute Gasteiger partial charge is 0.314 e. The van der Waals surface area contributed by atoms with E-state index in [-0.39, 0.29) is 0 Å². The Morgan fingerprint density at radius 1 is 1.04 bits per heavy atom. The molecule has 0 spiro atoms. The van der Waals surface area contributed by atoms with Crippen LogP contribution >= 0.6 is 0 Å². The Labute approximate surface area is 145 Å². The second-order valence-electron chi connectivity index (χ2n) is 5.96. The number of benzene rings is 1. The number of aryl methyl sites for hydroxylation is 1. The fourth-order valence-electron chi connectivity index (χ4n) is 3.01. The molecule has 0 saturated heterocycles. The number of aromatic nitrogens is 4. The summed E-state index contributed by atoms with van der Waals surface area (Å²) in [6, 6.07) is 11.1. The van der Waals surface area contributed by atoms with Crippen LogP contribution in [0.15, 0.2) is 36.4 Å². The highest BCUT2D eigenvalue weighted by Gasteiger charge is 2.26. The molecule has 0 radical (unpaired) electrons. The summed E-state index contributed by atoms with van der Waals surface area (Å²) in [7, 11) is -3.68. The minimum Gasteiger partial charge on any atom is -0.314 e. The van der Waals surface area contributed by atoms with Gasteiger partial charge >= 0.3 is 10.2 Å². The number of nitrogens with zero attached hydrogens (tertiary/aromatic N) is 5. The van der Waals surface area contributed by atoms with Gasteiger partial charge in [-0.3, -0.25) is 4.72 Å². The van der Waals surface area contributed by atoms with Gasteiger partial charge in [-0.15, -0.1) is 10.2 Å². The van der Waals surface area contributed by atoms with E-state index in [0.29, 0.717) is 31.9 Å². The van der Waals surface area contributed by atoms with Crippen LogP contribution in [0.3, 0.4) is 0 Å². The first-order valence-corrected chi connectivity index (χ1v) is 9.49. The number of rotatable bonds is 3. The van der Waals surface area contributed by atoms with E-state index >= 15 is 0 Å². The molecule has 3 heterocycles. The first-order chi connectivity index (χ1) is 12.0. The highest BCUT2D eigenvalue weighted by molar-refractivity contribution is 7.90. The van der Waals surface area contributed by atoms with E-state index in [1.165, 1.54) is 4.31 Å². The summed E-state index contributed by atoms with van der Waals surface area (Å²) in [6.45, 7) is 3.15. The van der Waals surface area contributed by atoms with Gasteiger partial charge in [-0.2, -0.15) is 12.7 Å². The average molecular weight is 358 g/mol. The fraction of sp³-hybridized carbons (Fsp3) is 0.312. The van der Waals surface area contributed by atoms with Crippen molar-refractivity contribution in [2.24, 2.45) is 0 Å². The van der Waals surface area contributed by atoms with E-state index in [9.17, 15) is 8.42 Å². The lowest BCUT2D eigenvalue weighted by molar-refractivity contribution is 0.416. The van der Waals surface area contributed by atoms with Crippen LogP contribution < -0.4 is 4.72 Å². The smallest absolute Gasteiger partial charge is 0.302 e. The number of fused-ring (bicyclic) bond motifs is 2. The number of para-hydroxylation sites is 1. The summed E-state index contributed by atoms with van der Waals surface area (Å²) < 4.78 is 31.4. The molecule has 2 aromatic heterocycles. The van der Waals surface area contributed by atoms with Crippen LogP contribution in [-0.4, -0.2) is 45.6 Å². The summed E-state index contributed by atoms with van der Waals surface area (Å²) >= 11 is 0. The van der Waals surface area contributed by atoms with Gasteiger partial charge in [-0.1, -0.05) is 18.2 Å². The molecule has 130 valence electrons. The molecule has 0 fully saturated rings. The van der Waals surface area contributed by atoms with Gasteiger partial charge < -0.3 is 4.57 Å². The standard InChI is InChI=1S/C16H18N6O2S/c1-12-18-19-16-8-9-21(10-11-22(12)16)25(23,24)20-15-7-6-13-4-2-3-5-14(13)17-15/h2-7H,8-11H2,1H3,(H,17,20). The molecule has 0 unspecified atom stereocenters. The SMILES string of the molecule is Cc1nnc2n1CCN(S(=O)(=O)Nc1ccc3ccccc3n1)CC2. The molecule has 1 N–H and O–H groups in total. The Bertz CT molecular complexity index is 1030. The third-order valence-electron chi connectivity index (χ3n) is 4.34. The van der Waals surface area contributed by atoms with Gasteiger partial charge in [-0.05, 0) is 25.1 Å². The van der Waals surface area contributed by atoms with Crippen molar-refractivity contribution >= 4 is 26.9 Å². The zero-order valence-corrected chi connectivity index (χ0v) is 14.6. The zero-order valence-electron chi connectivity index (χ0n) is 13.8. The van der Waals surface area contributed by atoms with Crippen LogP contribution in [0.25, 0.3) is 10.9 Å². The lowest BCUT2D eigenvalue weighted by Crippen LogP contribution is -2.38. The van der Waals surface area contributed by atoms with E-state index in [4.69, 9.17) is 0 Å². The van der Waals surface area contributed by atoms with Crippen LogP contribution in [0.1, 0.15) is 11.6 Å². The van der Waals surface area contributed by atoms with Gasteiger partial charge in [0.25, 0.3) is 0 Å². The van der Waals surface area contributed by atoms with Crippen molar-refractivity contribution in [2.75, 3.05) is 17.8 Å². The predicted octanol–water partition coefficient (Wildman–Crippen LogP) is 1.35. The van der Waals surface area contributed by atoms with Crippen LogP contribution in [0.4, 0.5) is 5.82 Å². The van der Waals surface area contributed by atoms with Crippen molar-refractivity contribution in [3.8, 4) is 0 Å². The Kier molecular flexibility index (Phi) is 3.89. The minimum atomic E-state index is -3.68. The van der Waals surface area contributed by atoms with E-state index in [2.05, 4.69) is 19.9 Å². The molecule has 1 aliphatic rings. The predicted molar refractivity (Wildman–Crippen MR) is 94.3 cm³/mol. The maximum absolute atomic E-state index is 12.7. The van der Waals surface area contributed by atoms with Gasteiger partial charge in [0.2, 0.25) is 0 Å². The van der Waals surface area contributed by atoms with Crippen LogP contribution in [0, 0.1) is 6.92 Å². The second kappa shape index (κ2) is 6.08. The highest BCUT2D eigenvalue weighted by atomic mass is 32.2. The Morgan fingerprint density at radius 2 is 1.88 bits per heavy atom. The van der Waals surface area contributed by atoms with Crippen molar-refractivity contribution in [1.29, 1.82) is 0 Å². The molecule has 0 aliphatic carbocycles. The summed E-state index contributed by atoms with van der Waals surface area (Å²) in [4.78, 5) is 4.38. The van der Waals surface area contributed by atoms with Gasteiger partial charge in [0.05, 0.1) is 5.52 Å². The fourth-order valence-corrected chi connectivity index (χ4v) is 4.17. The van der Waals surface area contributed by atoms with Gasteiger partial charge in [-0.25, -0.2) is 4.98 Å². The molecule has 4 rings (SSSR count). The maximum atomic E-state index is 12.7. The molecule has 0 saturated carbocycles. The topological polar surface area (TPSA) is 93.0 Å². The Balaban J connectivity index is 1.55. The Morgan fingerprint density at radius 3 is 2.76 bits per heavy atom. The minimum absolute atomic E-state index is 0.318. The normalized spacial score (nSPS) is 15.7. The van der Waals surface area contributed by atoms with E-state index in [0.717, 1.165) is 22.6 Å². The highest BCUT2D eigenvalue weighted by Crippen LogP contribution is 2.18. The number of pyridine rings is 1. The van der Waals surface area contributed by atoms with Crippen molar-refractivity contribution in [3.63, 3.8) is 0 Å². The maximum Gasteiger partial charge on any atom is 0.302 e. The third-order valence-corrected chi connectivity index (χ3v) is 5.85. The lowest BCUT2D eigenvalue weighted by atomic mass is 10.2. The number of anilines is 1. The van der Waals surface area contributed by atoms with E-state index in [1.807, 2.05) is 41.8 Å². The molecule has 0 atom stereocenters. The molecule has 1 aromatic carbocycles. The molecule has 8 nitrogen and oxygen atoms in total. The van der Waals surface area contributed by atoms with Crippen LogP contribution in [0.2, 0.25) is 0 Å². The quantitative estimate of drug-likeness (QED) is 0.763. The molecule has 9 heteroatoms. The molecule has 0 amide bonds. The van der Waals surface area contributed by atoms with Crippen molar-refractivity contribution in [1.82, 2.24) is 24.1 Å². The average Bonchev–Trinajstić information content (AvgIpc) is 2.81. The zero-order chi connectivity index (χ0) is 17.4. The molecule has 1 aliphatic heterocycles.